The largest absolute Gasteiger partial charge is 0.343 e. The lowest BCUT2D eigenvalue weighted by atomic mass is 9.97. The molecule has 0 radical (unpaired) electrons. The molecule has 6 amide bonds. The maximum atomic E-state index is 14.3. The second kappa shape index (κ2) is 18.2. The van der Waals surface area contributed by atoms with Gasteiger partial charge in [-0.1, -0.05) is 85.7 Å². The SMILES string of the molecule is CC(C)C[C@@H]1NC(=O)[C@H](CC(C)C)NC(=O)[C@@H]2CCCN2C(=O)[C@H](Cc2ccccc2)NC(=O)[C@H](CC(C)C)NC(=O)[C@H](C(C)C)NC1=O. The van der Waals surface area contributed by atoms with Crippen molar-refractivity contribution in [3.63, 3.8) is 0 Å². The van der Waals surface area contributed by atoms with E-state index in [0.29, 0.717) is 38.6 Å². The first-order valence-electron chi connectivity index (χ1n) is 17.9. The lowest BCUT2D eigenvalue weighted by Crippen LogP contribution is -2.62. The van der Waals surface area contributed by atoms with E-state index < -0.39 is 71.7 Å². The first kappa shape index (κ1) is 39.5. The molecule has 12 heteroatoms. The molecule has 0 aromatic heterocycles. The smallest absolute Gasteiger partial charge is 0.246 e. The summed E-state index contributed by atoms with van der Waals surface area (Å²) in [6.45, 7) is 15.5. The minimum atomic E-state index is -1.01. The molecule has 12 nitrogen and oxygen atoms in total. The van der Waals surface area contributed by atoms with Crippen molar-refractivity contribution in [3.8, 4) is 0 Å². The molecule has 2 fully saturated rings. The summed E-state index contributed by atoms with van der Waals surface area (Å²) < 4.78 is 0. The molecule has 2 aliphatic heterocycles. The van der Waals surface area contributed by atoms with Crippen LogP contribution in [0.3, 0.4) is 0 Å². The first-order chi connectivity index (χ1) is 23.1. The Kier molecular flexibility index (Phi) is 14.6. The van der Waals surface area contributed by atoms with Crippen LogP contribution in [0.4, 0.5) is 0 Å². The van der Waals surface area contributed by atoms with E-state index in [1.807, 2.05) is 71.9 Å². The zero-order valence-corrected chi connectivity index (χ0v) is 30.5. The Morgan fingerprint density at radius 2 is 1.04 bits per heavy atom. The maximum absolute atomic E-state index is 14.3. The average Bonchev–Trinajstić information content (AvgIpc) is 3.51. The van der Waals surface area contributed by atoms with Gasteiger partial charge < -0.3 is 31.5 Å². The van der Waals surface area contributed by atoms with E-state index in [-0.39, 0.29) is 30.1 Å². The van der Waals surface area contributed by atoms with Gasteiger partial charge in [0.2, 0.25) is 35.4 Å². The molecule has 0 saturated carbocycles. The van der Waals surface area contributed by atoms with E-state index >= 15 is 0 Å². The van der Waals surface area contributed by atoms with Crippen molar-refractivity contribution in [2.75, 3.05) is 6.54 Å². The fourth-order valence-electron chi connectivity index (χ4n) is 6.52. The Bertz CT molecular complexity index is 1320. The minimum Gasteiger partial charge on any atom is -0.343 e. The summed E-state index contributed by atoms with van der Waals surface area (Å²) in [5, 5.41) is 14.4. The molecule has 2 aliphatic rings. The van der Waals surface area contributed by atoms with E-state index in [9.17, 15) is 28.8 Å². The Labute approximate surface area is 291 Å². The number of fused-ring (bicyclic) bond motifs is 1. The molecular weight excluding hydrogens is 624 g/mol. The minimum absolute atomic E-state index is 0.0142. The number of amides is 6. The van der Waals surface area contributed by atoms with Crippen LogP contribution in [0.1, 0.15) is 93.1 Å². The highest BCUT2D eigenvalue weighted by Gasteiger charge is 2.41. The van der Waals surface area contributed by atoms with Gasteiger partial charge in [-0.2, -0.15) is 0 Å². The van der Waals surface area contributed by atoms with Gasteiger partial charge in [0.15, 0.2) is 0 Å². The number of carbonyl (C=O) groups excluding carboxylic acids is 6. The van der Waals surface area contributed by atoms with E-state index in [0.717, 1.165) is 5.56 Å². The van der Waals surface area contributed by atoms with Gasteiger partial charge in [-0.25, -0.2) is 0 Å². The van der Waals surface area contributed by atoms with Crippen LogP contribution in [-0.2, 0) is 35.2 Å². The summed E-state index contributed by atoms with van der Waals surface area (Å²) in [5.74, 6) is -3.20. The lowest BCUT2D eigenvalue weighted by molar-refractivity contribution is -0.143. The molecule has 0 unspecified atom stereocenters. The summed E-state index contributed by atoms with van der Waals surface area (Å²) in [6, 6.07) is 3.53. The van der Waals surface area contributed by atoms with Crippen LogP contribution in [0.15, 0.2) is 30.3 Å². The van der Waals surface area contributed by atoms with E-state index in [4.69, 9.17) is 0 Å². The van der Waals surface area contributed by atoms with Crippen molar-refractivity contribution in [2.45, 2.75) is 130 Å². The molecule has 0 bridgehead atoms. The molecule has 0 spiro atoms. The van der Waals surface area contributed by atoms with Crippen LogP contribution in [0.25, 0.3) is 0 Å². The van der Waals surface area contributed by atoms with Crippen molar-refractivity contribution in [2.24, 2.45) is 23.7 Å². The molecule has 1 aromatic carbocycles. The second-order valence-electron chi connectivity index (χ2n) is 15.2. The third-order valence-electron chi connectivity index (χ3n) is 9.00. The van der Waals surface area contributed by atoms with E-state index in [1.165, 1.54) is 4.90 Å². The Morgan fingerprint density at radius 1 is 0.592 bits per heavy atom. The van der Waals surface area contributed by atoms with E-state index in [1.54, 1.807) is 13.8 Å². The molecule has 272 valence electrons. The van der Waals surface area contributed by atoms with Gasteiger partial charge in [-0.15, -0.1) is 0 Å². The van der Waals surface area contributed by atoms with Crippen LogP contribution in [-0.4, -0.2) is 83.1 Å². The molecule has 2 heterocycles. The van der Waals surface area contributed by atoms with Gasteiger partial charge in [-0.05, 0) is 61.3 Å². The molecule has 6 atom stereocenters. The number of rotatable bonds is 9. The number of benzene rings is 1. The number of hydrogen-bond donors (Lipinski definition) is 5. The Hall–Kier alpha value is -3.96. The highest BCUT2D eigenvalue weighted by molar-refractivity contribution is 5.98. The predicted molar refractivity (Wildman–Crippen MR) is 188 cm³/mol. The monoisotopic (exact) mass is 682 g/mol. The second-order valence-corrected chi connectivity index (χ2v) is 15.2. The number of hydrogen-bond acceptors (Lipinski definition) is 6. The number of carbonyl (C=O) groups is 6. The molecule has 0 aliphatic carbocycles. The fraction of sp³-hybridized carbons (Fsp3) is 0.676. The quantitative estimate of drug-likeness (QED) is 0.269. The molecule has 49 heavy (non-hydrogen) atoms. The zero-order chi connectivity index (χ0) is 36.4. The first-order valence-corrected chi connectivity index (χ1v) is 17.9. The van der Waals surface area contributed by atoms with Crippen LogP contribution < -0.4 is 26.6 Å². The third-order valence-corrected chi connectivity index (χ3v) is 9.00. The van der Waals surface area contributed by atoms with Crippen molar-refractivity contribution in [1.82, 2.24) is 31.5 Å². The van der Waals surface area contributed by atoms with Crippen molar-refractivity contribution in [1.29, 1.82) is 0 Å². The van der Waals surface area contributed by atoms with Crippen molar-refractivity contribution in [3.05, 3.63) is 35.9 Å². The summed E-state index contributed by atoms with van der Waals surface area (Å²) in [4.78, 5) is 84.9. The third kappa shape index (κ3) is 11.6. The lowest BCUT2D eigenvalue weighted by Gasteiger charge is -2.32. The summed E-state index contributed by atoms with van der Waals surface area (Å²) in [5.41, 5.74) is 0.820. The van der Waals surface area contributed by atoms with Crippen LogP contribution in [0.2, 0.25) is 0 Å². The molecule has 5 N–H and O–H groups in total. The number of nitrogens with one attached hydrogen (secondary N) is 5. The fourth-order valence-corrected chi connectivity index (χ4v) is 6.52. The Morgan fingerprint density at radius 3 is 1.53 bits per heavy atom. The molecule has 3 rings (SSSR count). The van der Waals surface area contributed by atoms with E-state index in [2.05, 4.69) is 26.6 Å². The summed E-state index contributed by atoms with van der Waals surface area (Å²) in [7, 11) is 0. The highest BCUT2D eigenvalue weighted by atomic mass is 16.2. The summed E-state index contributed by atoms with van der Waals surface area (Å²) in [6.07, 6.45) is 2.07. The van der Waals surface area contributed by atoms with Crippen LogP contribution in [0, 0.1) is 23.7 Å². The predicted octanol–water partition coefficient (Wildman–Crippen LogP) is 2.45. The zero-order valence-electron chi connectivity index (χ0n) is 30.5. The Balaban J connectivity index is 2.09. The molecular formula is C37H58N6O6. The standard InChI is InChI=1S/C37H58N6O6/c1-21(2)17-26-32(44)38-28(19-23(5)6)34(46)42-31(24(7)8)36(48)40-27(18-22(3)4)33(45)41-29(20-25-13-10-9-11-14-25)37(49)43-16-12-15-30(43)35(47)39-26/h9-11,13-14,21-24,26-31H,12,15-20H2,1-8H3,(H,38,44)(H,39,47)(H,40,48)(H,41,45)(H,42,46)/t26-,27-,28-,29-,30-,31-/m0/s1. The van der Waals surface area contributed by atoms with Crippen molar-refractivity contribution >= 4 is 35.4 Å². The summed E-state index contributed by atoms with van der Waals surface area (Å²) >= 11 is 0. The van der Waals surface area contributed by atoms with Crippen LogP contribution >= 0.6 is 0 Å². The van der Waals surface area contributed by atoms with Crippen molar-refractivity contribution < 1.29 is 28.8 Å². The number of nitrogens with zero attached hydrogens (tertiary/aromatic N) is 1. The van der Waals surface area contributed by atoms with Gasteiger partial charge in [0, 0.05) is 13.0 Å². The van der Waals surface area contributed by atoms with Crippen LogP contribution in [0.5, 0.6) is 0 Å². The normalized spacial score (nSPS) is 26.6. The van der Waals surface area contributed by atoms with Gasteiger partial charge in [0.05, 0.1) is 0 Å². The molecule has 1 aromatic rings. The highest BCUT2D eigenvalue weighted by Crippen LogP contribution is 2.21. The van der Waals surface area contributed by atoms with Gasteiger partial charge in [0.25, 0.3) is 0 Å². The van der Waals surface area contributed by atoms with Gasteiger partial charge in [0.1, 0.15) is 36.3 Å². The van der Waals surface area contributed by atoms with Gasteiger partial charge >= 0.3 is 0 Å². The average molecular weight is 683 g/mol. The topological polar surface area (TPSA) is 166 Å². The molecule has 2 saturated heterocycles. The van der Waals surface area contributed by atoms with Gasteiger partial charge in [-0.3, -0.25) is 28.8 Å². The maximum Gasteiger partial charge on any atom is 0.246 e.